The van der Waals surface area contributed by atoms with Crippen LogP contribution >= 0.6 is 0 Å². The summed E-state index contributed by atoms with van der Waals surface area (Å²) < 4.78 is 0. The van der Waals surface area contributed by atoms with Gasteiger partial charge in [0.2, 0.25) is 0 Å². The summed E-state index contributed by atoms with van der Waals surface area (Å²) in [5.41, 5.74) is 0. The lowest BCUT2D eigenvalue weighted by molar-refractivity contribution is -0.145. The summed E-state index contributed by atoms with van der Waals surface area (Å²) in [5.74, 6) is -1.91. The van der Waals surface area contributed by atoms with Crippen molar-refractivity contribution in [1.82, 2.24) is 0 Å². The minimum Gasteiger partial charge on any atom is -0.481 e. The standard InChI is InChI=1S/C8H14O4/c1-2-7(10)6(8(11)12)4-3-5-9/h2,6-7,9-10H,1,3-5H2,(H,11,12). The largest absolute Gasteiger partial charge is 0.481 e. The minimum atomic E-state index is -1.06. The average molecular weight is 174 g/mol. The fourth-order valence-corrected chi connectivity index (χ4v) is 0.916. The van der Waals surface area contributed by atoms with Crippen molar-refractivity contribution in [1.29, 1.82) is 0 Å². The molecule has 0 aromatic rings. The van der Waals surface area contributed by atoms with Gasteiger partial charge in [-0.1, -0.05) is 6.08 Å². The number of aliphatic hydroxyl groups is 2. The van der Waals surface area contributed by atoms with Gasteiger partial charge in [0, 0.05) is 6.61 Å². The Kier molecular flexibility index (Phi) is 5.32. The second-order valence-corrected chi connectivity index (χ2v) is 2.54. The van der Waals surface area contributed by atoms with E-state index in [1.165, 1.54) is 6.08 Å². The van der Waals surface area contributed by atoms with Gasteiger partial charge in [0.05, 0.1) is 12.0 Å². The quantitative estimate of drug-likeness (QED) is 0.495. The topological polar surface area (TPSA) is 77.8 Å². The van der Waals surface area contributed by atoms with Crippen molar-refractivity contribution in [2.75, 3.05) is 6.61 Å². The molecule has 0 spiro atoms. The Balaban J connectivity index is 4.03. The molecule has 0 bridgehead atoms. The maximum atomic E-state index is 10.5. The highest BCUT2D eigenvalue weighted by Gasteiger charge is 2.23. The number of rotatable bonds is 6. The zero-order valence-corrected chi connectivity index (χ0v) is 6.81. The summed E-state index contributed by atoms with van der Waals surface area (Å²) in [6, 6.07) is 0. The fraction of sp³-hybridized carbons (Fsp3) is 0.625. The molecule has 2 atom stereocenters. The first-order valence-corrected chi connectivity index (χ1v) is 3.77. The molecule has 0 rings (SSSR count). The van der Waals surface area contributed by atoms with E-state index in [2.05, 4.69) is 6.58 Å². The van der Waals surface area contributed by atoms with Crippen LogP contribution in [0.3, 0.4) is 0 Å². The maximum Gasteiger partial charge on any atom is 0.309 e. The molecule has 70 valence electrons. The summed E-state index contributed by atoms with van der Waals surface area (Å²) in [6.07, 6.45) is 0.797. The van der Waals surface area contributed by atoms with E-state index in [1.54, 1.807) is 0 Å². The summed E-state index contributed by atoms with van der Waals surface area (Å²) in [6.45, 7) is 3.23. The van der Waals surface area contributed by atoms with E-state index in [-0.39, 0.29) is 13.0 Å². The molecule has 0 amide bonds. The van der Waals surface area contributed by atoms with Crippen molar-refractivity contribution in [3.8, 4) is 0 Å². The highest BCUT2D eigenvalue weighted by molar-refractivity contribution is 5.71. The highest BCUT2D eigenvalue weighted by atomic mass is 16.4. The Labute approximate surface area is 71.1 Å². The van der Waals surface area contributed by atoms with Crippen LogP contribution in [-0.4, -0.2) is 34.0 Å². The van der Waals surface area contributed by atoms with Gasteiger partial charge in [-0.2, -0.15) is 0 Å². The van der Waals surface area contributed by atoms with Crippen molar-refractivity contribution >= 4 is 5.97 Å². The van der Waals surface area contributed by atoms with E-state index >= 15 is 0 Å². The highest BCUT2D eigenvalue weighted by Crippen LogP contribution is 2.12. The molecule has 0 aromatic carbocycles. The molecule has 0 fully saturated rings. The van der Waals surface area contributed by atoms with Crippen LogP contribution in [0, 0.1) is 5.92 Å². The predicted octanol–water partition coefficient (Wildman–Crippen LogP) is 0.00660. The van der Waals surface area contributed by atoms with Gasteiger partial charge in [0.15, 0.2) is 0 Å². The van der Waals surface area contributed by atoms with E-state index in [0.29, 0.717) is 6.42 Å². The number of aliphatic hydroxyl groups excluding tert-OH is 2. The second kappa shape index (κ2) is 5.74. The lowest BCUT2D eigenvalue weighted by atomic mass is 9.97. The van der Waals surface area contributed by atoms with Crippen LogP contribution in [0.1, 0.15) is 12.8 Å². The van der Waals surface area contributed by atoms with Gasteiger partial charge < -0.3 is 15.3 Å². The predicted molar refractivity (Wildman–Crippen MR) is 43.6 cm³/mol. The van der Waals surface area contributed by atoms with E-state index < -0.39 is 18.0 Å². The lowest BCUT2D eigenvalue weighted by Crippen LogP contribution is -2.26. The van der Waals surface area contributed by atoms with Crippen molar-refractivity contribution < 1.29 is 20.1 Å². The first kappa shape index (κ1) is 11.1. The van der Waals surface area contributed by atoms with Crippen molar-refractivity contribution in [2.24, 2.45) is 5.92 Å². The smallest absolute Gasteiger partial charge is 0.309 e. The normalized spacial score (nSPS) is 15.2. The Morgan fingerprint density at radius 3 is 2.50 bits per heavy atom. The van der Waals surface area contributed by atoms with Crippen LogP contribution < -0.4 is 0 Å². The summed E-state index contributed by atoms with van der Waals surface area (Å²) in [4.78, 5) is 10.5. The molecule has 0 heterocycles. The summed E-state index contributed by atoms with van der Waals surface area (Å²) >= 11 is 0. The van der Waals surface area contributed by atoms with Crippen LogP contribution in [-0.2, 0) is 4.79 Å². The second-order valence-electron chi connectivity index (χ2n) is 2.54. The Hall–Kier alpha value is -0.870. The molecular formula is C8H14O4. The van der Waals surface area contributed by atoms with Crippen LogP contribution in [0.2, 0.25) is 0 Å². The van der Waals surface area contributed by atoms with Crippen molar-refractivity contribution in [2.45, 2.75) is 18.9 Å². The number of hydrogen-bond donors (Lipinski definition) is 3. The van der Waals surface area contributed by atoms with Crippen molar-refractivity contribution in [3.05, 3.63) is 12.7 Å². The minimum absolute atomic E-state index is 0.0619. The Bertz CT molecular complexity index is 155. The summed E-state index contributed by atoms with van der Waals surface area (Å²) in [5, 5.41) is 26.2. The van der Waals surface area contributed by atoms with Gasteiger partial charge in [0.25, 0.3) is 0 Å². The van der Waals surface area contributed by atoms with E-state index in [9.17, 15) is 4.79 Å². The molecule has 0 saturated heterocycles. The molecule has 0 aromatic heterocycles. The van der Waals surface area contributed by atoms with Crippen LogP contribution in [0.25, 0.3) is 0 Å². The SMILES string of the molecule is C=CC(O)C(CCCO)C(=O)O. The molecule has 0 radical (unpaired) electrons. The number of hydrogen-bond acceptors (Lipinski definition) is 3. The third-order valence-corrected chi connectivity index (χ3v) is 1.64. The van der Waals surface area contributed by atoms with E-state index in [4.69, 9.17) is 15.3 Å². The van der Waals surface area contributed by atoms with Gasteiger partial charge in [-0.25, -0.2) is 0 Å². The third-order valence-electron chi connectivity index (χ3n) is 1.64. The zero-order valence-electron chi connectivity index (χ0n) is 6.81. The third kappa shape index (κ3) is 3.50. The zero-order chi connectivity index (χ0) is 9.56. The Morgan fingerprint density at radius 2 is 2.17 bits per heavy atom. The number of carbonyl (C=O) groups is 1. The molecule has 3 N–H and O–H groups in total. The molecule has 12 heavy (non-hydrogen) atoms. The van der Waals surface area contributed by atoms with Crippen molar-refractivity contribution in [3.63, 3.8) is 0 Å². The Morgan fingerprint density at radius 1 is 1.58 bits per heavy atom. The molecule has 0 saturated carbocycles. The van der Waals surface area contributed by atoms with Gasteiger partial charge in [-0.05, 0) is 12.8 Å². The summed E-state index contributed by atoms with van der Waals surface area (Å²) in [7, 11) is 0. The van der Waals surface area contributed by atoms with Gasteiger partial charge in [-0.3, -0.25) is 4.79 Å². The average Bonchev–Trinajstić information content (AvgIpc) is 2.04. The number of aliphatic carboxylic acids is 1. The first-order chi connectivity index (χ1) is 5.63. The van der Waals surface area contributed by atoms with Gasteiger partial charge >= 0.3 is 5.97 Å². The van der Waals surface area contributed by atoms with Crippen LogP contribution in [0.4, 0.5) is 0 Å². The molecule has 0 aliphatic carbocycles. The number of carboxylic acids is 1. The fourth-order valence-electron chi connectivity index (χ4n) is 0.916. The van der Waals surface area contributed by atoms with Crippen LogP contribution in [0.15, 0.2) is 12.7 Å². The molecule has 0 aliphatic rings. The molecule has 0 aliphatic heterocycles. The van der Waals surface area contributed by atoms with Crippen LogP contribution in [0.5, 0.6) is 0 Å². The van der Waals surface area contributed by atoms with Gasteiger partial charge in [-0.15, -0.1) is 6.58 Å². The first-order valence-electron chi connectivity index (χ1n) is 3.77. The molecule has 4 heteroatoms. The maximum absolute atomic E-state index is 10.5. The lowest BCUT2D eigenvalue weighted by Gasteiger charge is -2.14. The van der Waals surface area contributed by atoms with E-state index in [0.717, 1.165) is 0 Å². The molecular weight excluding hydrogens is 160 g/mol. The van der Waals surface area contributed by atoms with Gasteiger partial charge in [0.1, 0.15) is 0 Å². The number of carboxylic acid groups (broad SMARTS) is 1. The monoisotopic (exact) mass is 174 g/mol. The van der Waals surface area contributed by atoms with E-state index in [1.807, 2.05) is 0 Å². The molecule has 4 nitrogen and oxygen atoms in total. The molecule has 2 unspecified atom stereocenters.